The number of anilines is 3. The molecular weight excluding hydrogens is 430 g/mol. The Bertz CT molecular complexity index is 1190. The smallest absolute Gasteiger partial charge is 0.335 e. The van der Waals surface area contributed by atoms with Crippen molar-refractivity contribution in [2.45, 2.75) is 46.1 Å². The van der Waals surface area contributed by atoms with E-state index in [9.17, 15) is 19.8 Å². The highest BCUT2D eigenvalue weighted by molar-refractivity contribution is 6.07. The van der Waals surface area contributed by atoms with Gasteiger partial charge in [0.15, 0.2) is 0 Å². The molecule has 0 aliphatic rings. The number of hydrogen-bond acceptors (Lipinski definition) is 5. The summed E-state index contributed by atoms with van der Waals surface area (Å²) >= 11 is 0. The van der Waals surface area contributed by atoms with Gasteiger partial charge in [-0.25, -0.2) is 4.79 Å². The number of aromatic nitrogens is 1. The monoisotopic (exact) mass is 461 g/mol. The largest absolute Gasteiger partial charge is 0.506 e. The van der Waals surface area contributed by atoms with E-state index in [1.165, 1.54) is 12.1 Å². The first-order chi connectivity index (χ1) is 16.1. The Balaban J connectivity index is 1.97. The molecule has 1 aromatic heterocycles. The molecule has 0 radical (unpaired) electrons. The summed E-state index contributed by atoms with van der Waals surface area (Å²) in [6.07, 6.45) is 4.25. The minimum Gasteiger partial charge on any atom is -0.506 e. The molecule has 34 heavy (non-hydrogen) atoms. The zero-order valence-corrected chi connectivity index (χ0v) is 20.2. The summed E-state index contributed by atoms with van der Waals surface area (Å²) in [6.45, 7) is 8.08. The van der Waals surface area contributed by atoms with Gasteiger partial charge in [0.1, 0.15) is 5.75 Å². The van der Waals surface area contributed by atoms with Crippen molar-refractivity contribution >= 4 is 28.9 Å². The van der Waals surface area contributed by atoms with Gasteiger partial charge in [0.05, 0.1) is 23.1 Å². The molecule has 0 fully saturated rings. The maximum Gasteiger partial charge on any atom is 0.335 e. The summed E-state index contributed by atoms with van der Waals surface area (Å²) in [6, 6.07) is 13.0. The van der Waals surface area contributed by atoms with E-state index in [1.807, 2.05) is 38.1 Å². The third-order valence-corrected chi connectivity index (χ3v) is 6.00. The average Bonchev–Trinajstić information content (AvgIpc) is 2.83. The van der Waals surface area contributed by atoms with Crippen LogP contribution in [0.1, 0.15) is 66.3 Å². The standard InChI is InChI=1S/C27H31N3O4/c1-6-18(4)30(26(32)19-8-7-9-20(12-19)27(33)34)22-10-11-24(25(31)14-22)29(5)23-13-21(17(2)3)15-28-16-23/h7-18,31H,6H2,1-5H3,(H,33,34). The summed E-state index contributed by atoms with van der Waals surface area (Å²) in [5.74, 6) is -1.07. The van der Waals surface area contributed by atoms with Gasteiger partial charge in [0, 0.05) is 36.6 Å². The van der Waals surface area contributed by atoms with Crippen LogP contribution in [0, 0.1) is 0 Å². The Hall–Kier alpha value is -3.87. The lowest BCUT2D eigenvalue weighted by Crippen LogP contribution is -2.38. The van der Waals surface area contributed by atoms with Crippen molar-refractivity contribution < 1.29 is 19.8 Å². The molecule has 1 amide bonds. The summed E-state index contributed by atoms with van der Waals surface area (Å²) < 4.78 is 0. The lowest BCUT2D eigenvalue weighted by atomic mass is 10.1. The van der Waals surface area contributed by atoms with E-state index in [1.54, 1.807) is 41.4 Å². The van der Waals surface area contributed by atoms with Crippen molar-refractivity contribution in [3.63, 3.8) is 0 Å². The number of carbonyl (C=O) groups excluding carboxylic acids is 1. The second kappa shape index (κ2) is 10.4. The normalized spacial score (nSPS) is 11.8. The number of carboxylic acid groups (broad SMARTS) is 1. The molecule has 1 atom stereocenters. The highest BCUT2D eigenvalue weighted by atomic mass is 16.4. The minimum absolute atomic E-state index is 0.0235. The quantitative estimate of drug-likeness (QED) is 0.439. The molecular formula is C27H31N3O4. The molecule has 178 valence electrons. The predicted octanol–water partition coefficient (Wildman–Crippen LogP) is 5.82. The number of nitrogens with zero attached hydrogens (tertiary/aromatic N) is 3. The van der Waals surface area contributed by atoms with Crippen LogP contribution in [0.3, 0.4) is 0 Å². The fourth-order valence-electron chi connectivity index (χ4n) is 3.71. The van der Waals surface area contributed by atoms with Crippen molar-refractivity contribution in [2.75, 3.05) is 16.8 Å². The number of amides is 1. The summed E-state index contributed by atoms with van der Waals surface area (Å²) in [4.78, 5) is 32.5. The number of aromatic hydroxyl groups is 1. The highest BCUT2D eigenvalue weighted by Crippen LogP contribution is 2.36. The fourth-order valence-corrected chi connectivity index (χ4v) is 3.71. The molecule has 0 saturated heterocycles. The van der Waals surface area contributed by atoms with Gasteiger partial charge < -0.3 is 20.0 Å². The van der Waals surface area contributed by atoms with E-state index in [0.717, 1.165) is 11.3 Å². The van der Waals surface area contributed by atoms with Gasteiger partial charge in [-0.3, -0.25) is 9.78 Å². The van der Waals surface area contributed by atoms with E-state index in [0.29, 0.717) is 23.7 Å². The van der Waals surface area contributed by atoms with Crippen LogP contribution in [-0.2, 0) is 0 Å². The number of benzene rings is 2. The molecule has 7 heteroatoms. The molecule has 1 unspecified atom stereocenters. The molecule has 2 N–H and O–H groups in total. The molecule has 0 bridgehead atoms. The number of hydrogen-bond donors (Lipinski definition) is 2. The van der Waals surface area contributed by atoms with Gasteiger partial charge >= 0.3 is 5.97 Å². The third kappa shape index (κ3) is 5.20. The number of pyridine rings is 1. The topological polar surface area (TPSA) is 94.0 Å². The van der Waals surface area contributed by atoms with Crippen molar-refractivity contribution in [1.29, 1.82) is 0 Å². The lowest BCUT2D eigenvalue weighted by molar-refractivity contribution is 0.0697. The second-order valence-corrected chi connectivity index (χ2v) is 8.68. The maximum absolute atomic E-state index is 13.4. The van der Waals surface area contributed by atoms with Crippen LogP contribution < -0.4 is 9.80 Å². The summed E-state index contributed by atoms with van der Waals surface area (Å²) in [5.41, 5.74) is 3.37. The number of carboxylic acids is 1. The predicted molar refractivity (Wildman–Crippen MR) is 134 cm³/mol. The first-order valence-electron chi connectivity index (χ1n) is 11.3. The Morgan fingerprint density at radius 3 is 2.29 bits per heavy atom. The average molecular weight is 462 g/mol. The van der Waals surface area contributed by atoms with Crippen molar-refractivity contribution in [3.8, 4) is 5.75 Å². The molecule has 0 saturated carbocycles. The molecule has 7 nitrogen and oxygen atoms in total. The van der Waals surface area contributed by atoms with Crippen LogP contribution in [0.25, 0.3) is 0 Å². The molecule has 1 heterocycles. The molecule has 3 aromatic rings. The Morgan fingerprint density at radius 1 is 0.971 bits per heavy atom. The molecule has 2 aromatic carbocycles. The fraction of sp³-hybridized carbons (Fsp3) is 0.296. The Labute approximate surface area is 200 Å². The Morgan fingerprint density at radius 2 is 1.68 bits per heavy atom. The number of aromatic carboxylic acids is 1. The van der Waals surface area contributed by atoms with E-state index in [4.69, 9.17) is 0 Å². The number of carbonyl (C=O) groups is 2. The first kappa shape index (κ1) is 24.8. The van der Waals surface area contributed by atoms with Gasteiger partial charge in [0.2, 0.25) is 0 Å². The lowest BCUT2D eigenvalue weighted by Gasteiger charge is -2.30. The molecule has 3 rings (SSSR count). The van der Waals surface area contributed by atoms with Crippen LogP contribution in [0.2, 0.25) is 0 Å². The van der Waals surface area contributed by atoms with Crippen molar-refractivity contribution in [2.24, 2.45) is 0 Å². The van der Waals surface area contributed by atoms with Crippen LogP contribution in [-0.4, -0.2) is 40.2 Å². The van der Waals surface area contributed by atoms with Gasteiger partial charge in [-0.2, -0.15) is 0 Å². The number of phenols is 1. The van der Waals surface area contributed by atoms with Gasteiger partial charge in [-0.05, 0) is 61.2 Å². The van der Waals surface area contributed by atoms with Gasteiger partial charge in [-0.1, -0.05) is 26.8 Å². The highest BCUT2D eigenvalue weighted by Gasteiger charge is 2.24. The minimum atomic E-state index is -1.09. The van der Waals surface area contributed by atoms with Gasteiger partial charge in [-0.15, -0.1) is 0 Å². The van der Waals surface area contributed by atoms with E-state index < -0.39 is 5.97 Å². The first-order valence-corrected chi connectivity index (χ1v) is 11.3. The van der Waals surface area contributed by atoms with E-state index >= 15 is 0 Å². The Kier molecular flexibility index (Phi) is 7.56. The van der Waals surface area contributed by atoms with E-state index in [-0.39, 0.29) is 28.8 Å². The van der Waals surface area contributed by atoms with Crippen molar-refractivity contribution in [3.05, 3.63) is 77.6 Å². The SMILES string of the molecule is CCC(C)N(C(=O)c1cccc(C(=O)O)c1)c1ccc(N(C)c2cncc(C(C)C)c2)c(O)c1. The zero-order valence-electron chi connectivity index (χ0n) is 20.2. The number of rotatable bonds is 8. The van der Waals surface area contributed by atoms with Crippen LogP contribution in [0.15, 0.2) is 60.9 Å². The molecule has 0 aliphatic carbocycles. The zero-order chi connectivity index (χ0) is 25.0. The van der Waals surface area contributed by atoms with Crippen LogP contribution in [0.5, 0.6) is 5.75 Å². The third-order valence-electron chi connectivity index (χ3n) is 6.00. The van der Waals surface area contributed by atoms with Crippen molar-refractivity contribution in [1.82, 2.24) is 4.98 Å². The van der Waals surface area contributed by atoms with E-state index in [2.05, 4.69) is 18.8 Å². The maximum atomic E-state index is 13.4. The molecule has 0 spiro atoms. The summed E-state index contributed by atoms with van der Waals surface area (Å²) in [5, 5.41) is 20.2. The second-order valence-electron chi connectivity index (χ2n) is 8.68. The summed E-state index contributed by atoms with van der Waals surface area (Å²) in [7, 11) is 1.85. The van der Waals surface area contributed by atoms with Gasteiger partial charge in [0.25, 0.3) is 5.91 Å². The van der Waals surface area contributed by atoms with Crippen LogP contribution in [0.4, 0.5) is 17.1 Å². The van der Waals surface area contributed by atoms with Crippen LogP contribution >= 0.6 is 0 Å². The molecule has 0 aliphatic heterocycles. The number of phenolic OH excluding ortho intramolecular Hbond substituents is 1.